The molecule has 0 aliphatic rings. The predicted molar refractivity (Wildman–Crippen MR) is 47.0 cm³/mol. The number of carbonyl (C=O) groups excluding carboxylic acids is 1. The molecule has 1 aromatic heterocycles. The zero-order valence-corrected chi connectivity index (χ0v) is 7.90. The van der Waals surface area contributed by atoms with Crippen LogP contribution in [0.1, 0.15) is 18.8 Å². The van der Waals surface area contributed by atoms with Crippen LogP contribution < -0.4 is 5.32 Å². The standard InChI is InChI=1S/C7H13N5O/c1-5(6-8-4-9-11-6)10-7(13)12(2)3/h4-5H,1-3H3,(H,10,13)(H,8,9,11). The van der Waals surface area contributed by atoms with Gasteiger partial charge in [-0.3, -0.25) is 5.10 Å². The van der Waals surface area contributed by atoms with Crippen LogP contribution in [-0.4, -0.2) is 40.2 Å². The monoisotopic (exact) mass is 183 g/mol. The minimum Gasteiger partial charge on any atom is -0.331 e. The van der Waals surface area contributed by atoms with E-state index in [2.05, 4.69) is 20.5 Å². The highest BCUT2D eigenvalue weighted by atomic mass is 16.2. The first kappa shape index (κ1) is 9.50. The molecule has 0 spiro atoms. The van der Waals surface area contributed by atoms with Crippen molar-refractivity contribution in [2.24, 2.45) is 0 Å². The Balaban J connectivity index is 2.51. The van der Waals surface area contributed by atoms with Gasteiger partial charge in [0, 0.05) is 14.1 Å². The highest BCUT2D eigenvalue weighted by molar-refractivity contribution is 5.73. The first-order chi connectivity index (χ1) is 6.11. The van der Waals surface area contributed by atoms with Gasteiger partial charge >= 0.3 is 6.03 Å². The number of nitrogens with zero attached hydrogens (tertiary/aromatic N) is 3. The van der Waals surface area contributed by atoms with E-state index in [-0.39, 0.29) is 12.1 Å². The molecule has 1 unspecified atom stereocenters. The quantitative estimate of drug-likeness (QED) is 0.684. The number of urea groups is 1. The Hall–Kier alpha value is -1.59. The van der Waals surface area contributed by atoms with Gasteiger partial charge < -0.3 is 10.2 Å². The molecule has 6 heteroatoms. The van der Waals surface area contributed by atoms with Crippen LogP contribution in [0.15, 0.2) is 6.33 Å². The second-order valence-electron chi connectivity index (χ2n) is 2.94. The lowest BCUT2D eigenvalue weighted by Crippen LogP contribution is -2.36. The van der Waals surface area contributed by atoms with E-state index in [1.807, 2.05) is 6.92 Å². The third-order valence-electron chi connectivity index (χ3n) is 1.59. The van der Waals surface area contributed by atoms with E-state index < -0.39 is 0 Å². The molecule has 0 saturated heterocycles. The van der Waals surface area contributed by atoms with E-state index in [4.69, 9.17) is 0 Å². The predicted octanol–water partition coefficient (Wildman–Crippen LogP) is 0.137. The van der Waals surface area contributed by atoms with E-state index in [0.717, 1.165) is 0 Å². The van der Waals surface area contributed by atoms with Crippen LogP contribution in [0, 0.1) is 0 Å². The third kappa shape index (κ3) is 2.43. The molecular weight excluding hydrogens is 170 g/mol. The van der Waals surface area contributed by atoms with Gasteiger partial charge in [-0.15, -0.1) is 0 Å². The van der Waals surface area contributed by atoms with Crippen molar-refractivity contribution in [1.29, 1.82) is 0 Å². The Morgan fingerprint density at radius 2 is 2.38 bits per heavy atom. The summed E-state index contributed by atoms with van der Waals surface area (Å²) in [5.41, 5.74) is 0. The fourth-order valence-corrected chi connectivity index (χ4v) is 0.806. The van der Waals surface area contributed by atoms with Gasteiger partial charge in [-0.25, -0.2) is 9.78 Å². The van der Waals surface area contributed by atoms with Gasteiger partial charge in [-0.1, -0.05) is 0 Å². The fraction of sp³-hybridized carbons (Fsp3) is 0.571. The summed E-state index contributed by atoms with van der Waals surface area (Å²) >= 11 is 0. The summed E-state index contributed by atoms with van der Waals surface area (Å²) in [6.45, 7) is 1.84. The summed E-state index contributed by atoms with van der Waals surface area (Å²) in [6.07, 6.45) is 1.41. The Morgan fingerprint density at radius 3 is 2.85 bits per heavy atom. The number of hydrogen-bond donors (Lipinski definition) is 2. The van der Waals surface area contributed by atoms with Crippen molar-refractivity contribution in [3.05, 3.63) is 12.2 Å². The zero-order valence-electron chi connectivity index (χ0n) is 7.90. The summed E-state index contributed by atoms with van der Waals surface area (Å²) in [6, 6.07) is -0.304. The van der Waals surface area contributed by atoms with Crippen molar-refractivity contribution >= 4 is 6.03 Å². The number of aromatic amines is 1. The molecule has 0 saturated carbocycles. The van der Waals surface area contributed by atoms with Gasteiger partial charge in [0.1, 0.15) is 12.2 Å². The second kappa shape index (κ2) is 3.88. The number of rotatable bonds is 2. The van der Waals surface area contributed by atoms with E-state index in [1.54, 1.807) is 14.1 Å². The maximum Gasteiger partial charge on any atom is 0.317 e. The highest BCUT2D eigenvalue weighted by Gasteiger charge is 2.12. The van der Waals surface area contributed by atoms with Crippen molar-refractivity contribution in [3.8, 4) is 0 Å². The summed E-state index contributed by atoms with van der Waals surface area (Å²) in [5.74, 6) is 0.648. The Labute approximate surface area is 76.3 Å². The minimum absolute atomic E-state index is 0.149. The number of nitrogens with one attached hydrogen (secondary N) is 2. The van der Waals surface area contributed by atoms with Crippen LogP contribution in [0.4, 0.5) is 4.79 Å². The molecule has 1 atom stereocenters. The third-order valence-corrected chi connectivity index (χ3v) is 1.59. The van der Waals surface area contributed by atoms with Crippen LogP contribution >= 0.6 is 0 Å². The van der Waals surface area contributed by atoms with Crippen LogP contribution in [0.5, 0.6) is 0 Å². The normalized spacial score (nSPS) is 12.2. The Morgan fingerprint density at radius 1 is 1.69 bits per heavy atom. The Bertz CT molecular complexity index is 268. The summed E-state index contributed by atoms with van der Waals surface area (Å²) in [5, 5.41) is 9.12. The molecule has 1 aromatic rings. The molecule has 0 aliphatic carbocycles. The molecule has 1 rings (SSSR count). The lowest BCUT2D eigenvalue weighted by molar-refractivity contribution is 0.213. The first-order valence-corrected chi connectivity index (χ1v) is 3.94. The molecule has 6 nitrogen and oxygen atoms in total. The molecular formula is C7H13N5O. The molecule has 13 heavy (non-hydrogen) atoms. The maximum absolute atomic E-state index is 11.2. The second-order valence-corrected chi connectivity index (χ2v) is 2.94. The van der Waals surface area contributed by atoms with E-state index in [9.17, 15) is 4.79 Å². The molecule has 72 valence electrons. The van der Waals surface area contributed by atoms with Crippen molar-refractivity contribution < 1.29 is 4.79 Å². The van der Waals surface area contributed by atoms with Gasteiger partial charge in [-0.05, 0) is 6.92 Å². The SMILES string of the molecule is CC(NC(=O)N(C)C)c1ncn[nH]1. The van der Waals surface area contributed by atoms with E-state index in [0.29, 0.717) is 5.82 Å². The van der Waals surface area contributed by atoms with Crippen molar-refractivity contribution in [2.45, 2.75) is 13.0 Å². The number of hydrogen-bond acceptors (Lipinski definition) is 3. The van der Waals surface area contributed by atoms with Crippen molar-refractivity contribution in [3.63, 3.8) is 0 Å². The molecule has 0 bridgehead atoms. The van der Waals surface area contributed by atoms with Gasteiger partial charge in [0.25, 0.3) is 0 Å². The Kier molecular flexibility index (Phi) is 2.84. The van der Waals surface area contributed by atoms with Crippen LogP contribution in [0.2, 0.25) is 0 Å². The molecule has 2 N–H and O–H groups in total. The van der Waals surface area contributed by atoms with Crippen LogP contribution in [0.25, 0.3) is 0 Å². The fourth-order valence-electron chi connectivity index (χ4n) is 0.806. The lowest BCUT2D eigenvalue weighted by atomic mass is 10.3. The van der Waals surface area contributed by atoms with Crippen molar-refractivity contribution in [2.75, 3.05) is 14.1 Å². The smallest absolute Gasteiger partial charge is 0.317 e. The van der Waals surface area contributed by atoms with Crippen LogP contribution in [-0.2, 0) is 0 Å². The summed E-state index contributed by atoms with van der Waals surface area (Å²) in [7, 11) is 3.37. The van der Waals surface area contributed by atoms with E-state index in [1.165, 1.54) is 11.2 Å². The van der Waals surface area contributed by atoms with Gasteiger partial charge in [-0.2, -0.15) is 5.10 Å². The molecule has 0 aliphatic heterocycles. The summed E-state index contributed by atoms with van der Waals surface area (Å²) < 4.78 is 0. The van der Waals surface area contributed by atoms with Crippen molar-refractivity contribution in [1.82, 2.24) is 25.4 Å². The number of amides is 2. The molecule has 0 fully saturated rings. The molecule has 0 radical (unpaired) electrons. The molecule has 2 amide bonds. The largest absolute Gasteiger partial charge is 0.331 e. The average Bonchev–Trinajstić information content (AvgIpc) is 2.55. The topological polar surface area (TPSA) is 73.9 Å². The van der Waals surface area contributed by atoms with Gasteiger partial charge in [0.2, 0.25) is 0 Å². The number of aromatic nitrogens is 3. The number of carbonyl (C=O) groups is 1. The average molecular weight is 183 g/mol. The highest BCUT2D eigenvalue weighted by Crippen LogP contribution is 2.03. The number of H-pyrrole nitrogens is 1. The lowest BCUT2D eigenvalue weighted by Gasteiger charge is -2.15. The zero-order chi connectivity index (χ0) is 9.84. The summed E-state index contributed by atoms with van der Waals surface area (Å²) in [4.78, 5) is 16.6. The molecule has 0 aromatic carbocycles. The van der Waals surface area contributed by atoms with Gasteiger partial charge in [0.05, 0.1) is 6.04 Å². The maximum atomic E-state index is 11.2. The first-order valence-electron chi connectivity index (χ1n) is 3.94. The molecule has 1 heterocycles. The minimum atomic E-state index is -0.155. The van der Waals surface area contributed by atoms with Crippen LogP contribution in [0.3, 0.4) is 0 Å². The van der Waals surface area contributed by atoms with E-state index >= 15 is 0 Å². The van der Waals surface area contributed by atoms with Gasteiger partial charge in [0.15, 0.2) is 0 Å².